The van der Waals surface area contributed by atoms with Crippen molar-refractivity contribution in [2.75, 3.05) is 6.26 Å². The van der Waals surface area contributed by atoms with Crippen molar-refractivity contribution in [2.45, 2.75) is 31.1 Å². The van der Waals surface area contributed by atoms with Crippen LogP contribution in [0.3, 0.4) is 0 Å². The summed E-state index contributed by atoms with van der Waals surface area (Å²) in [5, 5.41) is 0.452. The molecule has 24 heavy (non-hydrogen) atoms. The number of hydrogen-bond acceptors (Lipinski definition) is 4. The van der Waals surface area contributed by atoms with Crippen LogP contribution in [-0.4, -0.2) is 24.2 Å². The van der Waals surface area contributed by atoms with Crippen LogP contribution in [0.25, 0.3) is 11.3 Å². The average Bonchev–Trinajstić information content (AvgIpc) is 2.45. The lowest BCUT2D eigenvalue weighted by atomic mass is 9.91. The molecule has 130 valence electrons. The summed E-state index contributed by atoms with van der Waals surface area (Å²) in [5.41, 5.74) is 2.02. The van der Waals surface area contributed by atoms with Gasteiger partial charge in [-0.05, 0) is 28.4 Å². The summed E-state index contributed by atoms with van der Waals surface area (Å²) in [6, 6.07) is 10.3. The molecule has 1 atom stereocenters. The number of sulfonamides is 1. The van der Waals surface area contributed by atoms with E-state index in [1.165, 1.54) is 6.07 Å². The van der Waals surface area contributed by atoms with Gasteiger partial charge >= 0.3 is 0 Å². The fourth-order valence-electron chi connectivity index (χ4n) is 2.00. The zero-order valence-electron chi connectivity index (χ0n) is 13.8. The van der Waals surface area contributed by atoms with Crippen molar-refractivity contribution in [2.24, 2.45) is 0 Å². The van der Waals surface area contributed by atoms with E-state index in [0.29, 0.717) is 21.2 Å². The highest BCUT2D eigenvalue weighted by atomic mass is 35.5. The van der Waals surface area contributed by atoms with Gasteiger partial charge < -0.3 is 4.55 Å². The second-order valence-corrected chi connectivity index (χ2v) is 10.1. The van der Waals surface area contributed by atoms with Gasteiger partial charge in [0.15, 0.2) is 4.90 Å². The number of halogens is 1. The summed E-state index contributed by atoms with van der Waals surface area (Å²) in [5.74, 6) is 0. The second-order valence-electron chi connectivity index (χ2n) is 6.42. The van der Waals surface area contributed by atoms with E-state index in [-0.39, 0.29) is 5.41 Å². The highest BCUT2D eigenvalue weighted by Gasteiger charge is 2.21. The molecule has 1 heterocycles. The molecular weight excluding hydrogens is 368 g/mol. The average molecular weight is 387 g/mol. The largest absolute Gasteiger partial charge is 0.592 e. The lowest BCUT2D eigenvalue weighted by Gasteiger charge is -2.18. The van der Waals surface area contributed by atoms with Gasteiger partial charge in [-0.2, -0.15) is 0 Å². The van der Waals surface area contributed by atoms with E-state index in [1.54, 1.807) is 12.1 Å². The first-order valence-electron chi connectivity index (χ1n) is 7.14. The van der Waals surface area contributed by atoms with Crippen LogP contribution in [0.4, 0.5) is 0 Å². The monoisotopic (exact) mass is 386 g/mol. The fourth-order valence-corrected chi connectivity index (χ4v) is 4.12. The Labute approximate surface area is 150 Å². The van der Waals surface area contributed by atoms with Crippen LogP contribution in [0.15, 0.2) is 41.3 Å². The Kier molecular flexibility index (Phi) is 5.61. The highest BCUT2D eigenvalue weighted by Crippen LogP contribution is 2.31. The van der Waals surface area contributed by atoms with E-state index in [9.17, 15) is 13.0 Å². The predicted octanol–water partition coefficient (Wildman–Crippen LogP) is 3.27. The van der Waals surface area contributed by atoms with Gasteiger partial charge in [-0.1, -0.05) is 38.4 Å². The van der Waals surface area contributed by atoms with E-state index in [0.717, 1.165) is 11.9 Å². The molecule has 0 aliphatic carbocycles. The Morgan fingerprint density at radius 2 is 1.88 bits per heavy atom. The van der Waals surface area contributed by atoms with Crippen LogP contribution in [0.2, 0.25) is 5.02 Å². The lowest BCUT2D eigenvalue weighted by molar-refractivity contribution is 0.569. The third-order valence-corrected chi connectivity index (χ3v) is 6.00. The third-order valence-electron chi connectivity index (χ3n) is 3.17. The van der Waals surface area contributed by atoms with Crippen LogP contribution in [-0.2, 0) is 26.8 Å². The number of benzene rings is 1. The first kappa shape index (κ1) is 19.2. The number of pyridine rings is 1. The van der Waals surface area contributed by atoms with E-state index in [4.69, 9.17) is 11.6 Å². The number of hydrogen-bond donors (Lipinski definition) is 1. The Bertz CT molecular complexity index is 849. The smallest absolute Gasteiger partial charge is 0.248 e. The molecule has 0 aliphatic heterocycles. The molecule has 2 rings (SSSR count). The molecule has 0 fully saturated rings. The highest BCUT2D eigenvalue weighted by molar-refractivity contribution is 8.04. The van der Waals surface area contributed by atoms with Crippen molar-refractivity contribution >= 4 is 33.0 Å². The summed E-state index contributed by atoms with van der Waals surface area (Å²) in [7, 11) is -3.58. The number of nitrogens with zero attached hydrogens (tertiary/aromatic N) is 1. The Morgan fingerprint density at radius 3 is 2.46 bits per heavy atom. The van der Waals surface area contributed by atoms with Gasteiger partial charge in [0.05, 0.1) is 28.3 Å². The van der Waals surface area contributed by atoms with Crippen molar-refractivity contribution in [1.82, 2.24) is 9.11 Å². The van der Waals surface area contributed by atoms with Gasteiger partial charge in [0.2, 0.25) is 10.0 Å². The topological polar surface area (TPSA) is 82.1 Å². The lowest BCUT2D eigenvalue weighted by Crippen LogP contribution is -2.29. The molecular formula is C16H19ClN2O3S2. The number of aromatic nitrogens is 1. The molecule has 0 aliphatic rings. The minimum absolute atomic E-state index is 0.124. The molecule has 0 saturated carbocycles. The van der Waals surface area contributed by atoms with Crippen LogP contribution in [0, 0.1) is 0 Å². The van der Waals surface area contributed by atoms with Gasteiger partial charge in [0, 0.05) is 22.7 Å². The molecule has 8 heteroatoms. The minimum Gasteiger partial charge on any atom is -0.592 e. The summed E-state index contributed by atoms with van der Waals surface area (Å²) >= 11 is 4.37. The van der Waals surface area contributed by atoms with Crippen molar-refractivity contribution in [3.8, 4) is 11.3 Å². The third kappa shape index (κ3) is 4.94. The maximum atomic E-state index is 12.1. The maximum Gasteiger partial charge on any atom is 0.248 e. The molecule has 0 spiro atoms. The van der Waals surface area contributed by atoms with Crippen LogP contribution in [0.5, 0.6) is 0 Å². The number of rotatable bonds is 4. The molecule has 1 N–H and O–H groups in total. The molecule has 1 aromatic heterocycles. The summed E-state index contributed by atoms with van der Waals surface area (Å²) in [6.07, 6.45) is 0.954. The van der Waals surface area contributed by atoms with Crippen molar-refractivity contribution in [3.05, 3.63) is 47.1 Å². The van der Waals surface area contributed by atoms with Crippen molar-refractivity contribution < 1.29 is 13.0 Å². The number of nitrogens with one attached hydrogen (secondary N) is 1. The molecule has 0 saturated heterocycles. The van der Waals surface area contributed by atoms with E-state index in [1.807, 2.05) is 18.2 Å². The molecule has 2 aromatic rings. The zero-order chi connectivity index (χ0) is 18.1. The zero-order valence-corrected chi connectivity index (χ0v) is 16.2. The summed E-state index contributed by atoms with van der Waals surface area (Å²) < 4.78 is 36.7. The molecule has 0 amide bonds. The Morgan fingerprint density at radius 1 is 1.21 bits per heavy atom. The van der Waals surface area contributed by atoms with Gasteiger partial charge in [-0.25, -0.2) is 8.42 Å². The van der Waals surface area contributed by atoms with Crippen LogP contribution in [0.1, 0.15) is 26.5 Å². The Hall–Kier alpha value is -1.12. The molecule has 1 aromatic carbocycles. The molecule has 0 radical (unpaired) electrons. The van der Waals surface area contributed by atoms with Crippen molar-refractivity contribution in [3.63, 3.8) is 0 Å². The quantitative estimate of drug-likeness (QED) is 0.817. The SMILES string of the molecule is CC(C)(C)c1cccc(-c2cc([S+]([O-])NS(C)(=O)=O)ccc2Cl)n1. The van der Waals surface area contributed by atoms with Gasteiger partial charge in [-0.15, -0.1) is 0 Å². The van der Waals surface area contributed by atoms with Crippen molar-refractivity contribution in [1.29, 1.82) is 0 Å². The van der Waals surface area contributed by atoms with E-state index < -0.39 is 21.4 Å². The van der Waals surface area contributed by atoms with Gasteiger partial charge in [0.25, 0.3) is 0 Å². The van der Waals surface area contributed by atoms with Crippen LogP contribution < -0.4 is 4.13 Å². The van der Waals surface area contributed by atoms with Crippen LogP contribution >= 0.6 is 11.6 Å². The van der Waals surface area contributed by atoms with Gasteiger partial charge in [0.1, 0.15) is 0 Å². The first-order chi connectivity index (χ1) is 11.0. The summed E-state index contributed by atoms with van der Waals surface area (Å²) in [6.45, 7) is 6.17. The molecule has 0 bridgehead atoms. The van der Waals surface area contributed by atoms with E-state index >= 15 is 0 Å². The normalized spacial score (nSPS) is 13.8. The molecule has 1 unspecified atom stereocenters. The second kappa shape index (κ2) is 7.01. The van der Waals surface area contributed by atoms with Gasteiger partial charge in [-0.3, -0.25) is 4.98 Å². The molecule has 5 nitrogen and oxygen atoms in total. The summed E-state index contributed by atoms with van der Waals surface area (Å²) in [4.78, 5) is 4.94. The fraction of sp³-hybridized carbons (Fsp3) is 0.312. The van der Waals surface area contributed by atoms with E-state index in [2.05, 4.69) is 29.9 Å². The first-order valence-corrected chi connectivity index (χ1v) is 10.6. The minimum atomic E-state index is -3.58. The standard InChI is InChI=1S/C16H19ClN2O3S2/c1-16(2,3)15-7-5-6-14(18-15)12-10-11(8-9-13(12)17)23(20)19-24(4,21)22/h5-10,19H,1-4H3. The Balaban J connectivity index is 2.46. The predicted molar refractivity (Wildman–Crippen MR) is 97.8 cm³/mol. The maximum absolute atomic E-state index is 12.1.